The molecule has 0 saturated heterocycles. The predicted octanol–water partition coefficient (Wildman–Crippen LogP) is 4.90. The maximum Gasteiger partial charge on any atom is 0.258 e. The van der Waals surface area contributed by atoms with E-state index in [2.05, 4.69) is 21.2 Å². The van der Waals surface area contributed by atoms with E-state index in [1.54, 1.807) is 12.1 Å². The standard InChI is InChI=1S/C19H19BrClNO3/c1-19(2)10-15(13-5-3-4-6-16(13)25-19)22-18(23)11-24-17-8-7-12(20)9-14(17)21/h3-9,15H,10-11H2,1-2H3,(H,22,23)/t15-/m1/s1. The van der Waals surface area contributed by atoms with Crippen LogP contribution in [0.1, 0.15) is 31.9 Å². The average molecular weight is 425 g/mol. The third kappa shape index (κ3) is 4.47. The lowest BCUT2D eigenvalue weighted by Gasteiger charge is -2.37. The molecule has 0 fully saturated rings. The second-order valence-corrected chi connectivity index (χ2v) is 7.91. The minimum absolute atomic E-state index is 0.0959. The number of hydrogen-bond donors (Lipinski definition) is 1. The Balaban J connectivity index is 1.66. The summed E-state index contributed by atoms with van der Waals surface area (Å²) in [5, 5.41) is 3.49. The largest absolute Gasteiger partial charge is 0.487 e. The van der Waals surface area contributed by atoms with Crippen molar-refractivity contribution in [1.82, 2.24) is 5.32 Å². The molecule has 0 saturated carbocycles. The molecule has 0 unspecified atom stereocenters. The quantitative estimate of drug-likeness (QED) is 0.759. The number of benzene rings is 2. The fourth-order valence-corrected chi connectivity index (χ4v) is 3.63. The Kier molecular flexibility index (Phi) is 5.25. The Morgan fingerprint density at radius 1 is 1.36 bits per heavy atom. The molecule has 2 aromatic rings. The highest BCUT2D eigenvalue weighted by molar-refractivity contribution is 9.10. The van der Waals surface area contributed by atoms with Crippen LogP contribution in [0.25, 0.3) is 0 Å². The number of carbonyl (C=O) groups excluding carboxylic acids is 1. The van der Waals surface area contributed by atoms with E-state index in [4.69, 9.17) is 21.1 Å². The first-order valence-electron chi connectivity index (χ1n) is 7.99. The average Bonchev–Trinajstić information content (AvgIpc) is 2.53. The van der Waals surface area contributed by atoms with Gasteiger partial charge >= 0.3 is 0 Å². The number of halogens is 2. The van der Waals surface area contributed by atoms with Crippen molar-refractivity contribution in [2.45, 2.75) is 31.9 Å². The van der Waals surface area contributed by atoms with Crippen LogP contribution >= 0.6 is 27.5 Å². The van der Waals surface area contributed by atoms with E-state index in [9.17, 15) is 4.79 Å². The number of carbonyl (C=O) groups is 1. The Bertz CT molecular complexity index is 794. The number of ether oxygens (including phenoxy) is 2. The molecule has 1 amide bonds. The normalized spacial score (nSPS) is 18.0. The Morgan fingerprint density at radius 3 is 2.88 bits per heavy atom. The molecule has 132 valence electrons. The van der Waals surface area contributed by atoms with Crippen molar-refractivity contribution in [3.05, 3.63) is 57.5 Å². The molecule has 1 atom stereocenters. The summed E-state index contributed by atoms with van der Waals surface area (Å²) in [6, 6.07) is 12.9. The van der Waals surface area contributed by atoms with Crippen LogP contribution in [0.2, 0.25) is 5.02 Å². The second kappa shape index (κ2) is 7.26. The number of fused-ring (bicyclic) bond motifs is 1. The number of para-hydroxylation sites is 1. The van der Waals surface area contributed by atoms with Gasteiger partial charge in [-0.05, 0) is 38.1 Å². The van der Waals surface area contributed by atoms with Crippen molar-refractivity contribution in [2.75, 3.05) is 6.61 Å². The Morgan fingerprint density at radius 2 is 2.12 bits per heavy atom. The van der Waals surface area contributed by atoms with Crippen LogP contribution in [-0.2, 0) is 4.79 Å². The summed E-state index contributed by atoms with van der Waals surface area (Å²) in [4.78, 5) is 12.4. The molecular formula is C19H19BrClNO3. The first-order chi connectivity index (χ1) is 11.8. The summed E-state index contributed by atoms with van der Waals surface area (Å²) in [5.74, 6) is 1.09. The van der Waals surface area contributed by atoms with Crippen molar-refractivity contribution < 1.29 is 14.3 Å². The maximum absolute atomic E-state index is 12.4. The zero-order chi connectivity index (χ0) is 18.0. The predicted molar refractivity (Wildman–Crippen MR) is 101 cm³/mol. The third-order valence-electron chi connectivity index (χ3n) is 3.96. The van der Waals surface area contributed by atoms with Gasteiger partial charge in [-0.15, -0.1) is 0 Å². The molecule has 2 aromatic carbocycles. The van der Waals surface area contributed by atoms with Crippen LogP contribution in [0.4, 0.5) is 0 Å². The van der Waals surface area contributed by atoms with E-state index in [-0.39, 0.29) is 24.2 Å². The lowest BCUT2D eigenvalue weighted by atomic mass is 9.90. The molecule has 0 radical (unpaired) electrons. The van der Waals surface area contributed by atoms with Crippen LogP contribution in [0.3, 0.4) is 0 Å². The van der Waals surface area contributed by atoms with E-state index in [0.717, 1.165) is 15.8 Å². The molecule has 4 nitrogen and oxygen atoms in total. The van der Waals surface area contributed by atoms with Gasteiger partial charge in [0.2, 0.25) is 0 Å². The highest BCUT2D eigenvalue weighted by Gasteiger charge is 2.34. The van der Waals surface area contributed by atoms with Crippen LogP contribution in [0.15, 0.2) is 46.9 Å². The molecule has 1 aliphatic heterocycles. The van der Waals surface area contributed by atoms with Crippen LogP contribution in [0, 0.1) is 0 Å². The first kappa shape index (κ1) is 18.1. The van der Waals surface area contributed by atoms with Crippen LogP contribution < -0.4 is 14.8 Å². The Hall–Kier alpha value is -1.72. The molecule has 25 heavy (non-hydrogen) atoms. The fraction of sp³-hybridized carbons (Fsp3) is 0.316. The van der Waals surface area contributed by atoms with Gasteiger partial charge in [-0.25, -0.2) is 0 Å². The SMILES string of the molecule is CC1(C)C[C@@H](NC(=O)COc2ccc(Br)cc2Cl)c2ccccc2O1. The van der Waals surface area contributed by atoms with Gasteiger partial charge in [0.05, 0.1) is 11.1 Å². The summed E-state index contributed by atoms with van der Waals surface area (Å²) in [6.45, 7) is 3.93. The smallest absolute Gasteiger partial charge is 0.258 e. The van der Waals surface area contributed by atoms with Gasteiger partial charge in [0, 0.05) is 16.5 Å². The summed E-state index contributed by atoms with van der Waals surface area (Å²) in [7, 11) is 0. The van der Waals surface area contributed by atoms with Gasteiger partial charge in [0.25, 0.3) is 5.91 Å². The van der Waals surface area contributed by atoms with E-state index in [1.807, 2.05) is 44.2 Å². The van der Waals surface area contributed by atoms with E-state index >= 15 is 0 Å². The van der Waals surface area contributed by atoms with Gasteiger partial charge in [0.1, 0.15) is 17.1 Å². The summed E-state index contributed by atoms with van der Waals surface area (Å²) >= 11 is 9.44. The van der Waals surface area contributed by atoms with Gasteiger partial charge in [0.15, 0.2) is 6.61 Å². The van der Waals surface area contributed by atoms with Gasteiger partial charge in [-0.3, -0.25) is 4.79 Å². The van der Waals surface area contributed by atoms with Crippen LogP contribution in [0.5, 0.6) is 11.5 Å². The highest BCUT2D eigenvalue weighted by atomic mass is 79.9. The fourth-order valence-electron chi connectivity index (χ4n) is 2.90. The molecule has 3 rings (SSSR count). The number of rotatable bonds is 4. The molecule has 0 spiro atoms. The summed E-state index contributed by atoms with van der Waals surface area (Å²) in [6.07, 6.45) is 0.689. The molecule has 1 aliphatic rings. The zero-order valence-corrected chi connectivity index (χ0v) is 16.4. The van der Waals surface area contributed by atoms with Gasteiger partial charge in [-0.1, -0.05) is 45.7 Å². The van der Waals surface area contributed by atoms with E-state index in [1.165, 1.54) is 0 Å². The highest BCUT2D eigenvalue weighted by Crippen LogP contribution is 2.39. The topological polar surface area (TPSA) is 47.6 Å². The molecule has 0 aromatic heterocycles. The van der Waals surface area contributed by atoms with Crippen molar-refractivity contribution in [2.24, 2.45) is 0 Å². The molecular weight excluding hydrogens is 406 g/mol. The van der Waals surface area contributed by atoms with Crippen molar-refractivity contribution in [3.63, 3.8) is 0 Å². The third-order valence-corrected chi connectivity index (χ3v) is 4.75. The molecule has 1 heterocycles. The van der Waals surface area contributed by atoms with Crippen LogP contribution in [-0.4, -0.2) is 18.1 Å². The minimum atomic E-state index is -0.345. The molecule has 6 heteroatoms. The molecule has 1 N–H and O–H groups in total. The number of amides is 1. The Labute approximate surface area is 160 Å². The van der Waals surface area contributed by atoms with Crippen molar-refractivity contribution in [1.29, 1.82) is 0 Å². The number of nitrogens with one attached hydrogen (secondary N) is 1. The van der Waals surface area contributed by atoms with Crippen molar-refractivity contribution >= 4 is 33.4 Å². The van der Waals surface area contributed by atoms with Crippen molar-refractivity contribution in [3.8, 4) is 11.5 Å². The molecule has 0 bridgehead atoms. The molecule has 0 aliphatic carbocycles. The van der Waals surface area contributed by atoms with E-state index in [0.29, 0.717) is 17.2 Å². The lowest BCUT2D eigenvalue weighted by molar-refractivity contribution is -0.124. The zero-order valence-electron chi connectivity index (χ0n) is 14.0. The first-order valence-corrected chi connectivity index (χ1v) is 9.16. The minimum Gasteiger partial charge on any atom is -0.487 e. The van der Waals surface area contributed by atoms with Gasteiger partial charge in [-0.2, -0.15) is 0 Å². The number of hydrogen-bond acceptors (Lipinski definition) is 3. The summed E-state index contributed by atoms with van der Waals surface area (Å²) in [5.41, 5.74) is 0.638. The lowest BCUT2D eigenvalue weighted by Crippen LogP contribution is -2.42. The second-order valence-electron chi connectivity index (χ2n) is 6.59. The van der Waals surface area contributed by atoms with E-state index < -0.39 is 0 Å². The van der Waals surface area contributed by atoms with Gasteiger partial charge < -0.3 is 14.8 Å². The summed E-state index contributed by atoms with van der Waals surface area (Å²) < 4.78 is 12.4. The monoisotopic (exact) mass is 423 g/mol. The maximum atomic E-state index is 12.4.